The highest BCUT2D eigenvalue weighted by Crippen LogP contribution is 2.45. The molecule has 0 radical (unpaired) electrons. The van der Waals surface area contributed by atoms with Crippen LogP contribution in [-0.4, -0.2) is 4.98 Å². The van der Waals surface area contributed by atoms with Crippen molar-refractivity contribution in [2.45, 2.75) is 6.92 Å². The van der Waals surface area contributed by atoms with Gasteiger partial charge in [0.15, 0.2) is 0 Å². The van der Waals surface area contributed by atoms with Crippen molar-refractivity contribution in [2.24, 2.45) is 0 Å². The van der Waals surface area contributed by atoms with Crippen molar-refractivity contribution in [1.29, 1.82) is 0 Å². The first kappa shape index (κ1) is 21.5. The second-order valence-electron chi connectivity index (χ2n) is 9.64. The van der Waals surface area contributed by atoms with E-state index in [1.165, 1.54) is 71.3 Å². The van der Waals surface area contributed by atoms with Crippen molar-refractivity contribution >= 4 is 32.3 Å². The first-order chi connectivity index (χ1) is 18.3. The van der Waals surface area contributed by atoms with Gasteiger partial charge in [0.25, 0.3) is 0 Å². The third-order valence-electron chi connectivity index (χ3n) is 7.49. The molecule has 0 aliphatic rings. The summed E-state index contributed by atoms with van der Waals surface area (Å²) in [5.74, 6) is 0. The number of benzene rings is 6. The molecule has 0 unspecified atom stereocenters. The fourth-order valence-corrected chi connectivity index (χ4v) is 5.78. The van der Waals surface area contributed by atoms with Crippen LogP contribution >= 0.6 is 0 Å². The number of aryl methyl sites for hydroxylation is 1. The van der Waals surface area contributed by atoms with Gasteiger partial charge in [0.1, 0.15) is 0 Å². The highest BCUT2D eigenvalue weighted by Gasteiger charge is 2.18. The number of fused-ring (bicyclic) bond motifs is 3. The van der Waals surface area contributed by atoms with Crippen LogP contribution in [0.4, 0.5) is 0 Å². The molecule has 0 atom stereocenters. The van der Waals surface area contributed by atoms with E-state index in [1.54, 1.807) is 0 Å². The SMILES string of the molecule is Cc1ccncc1-c1cccc(-c2c3ccccc3c(-c3cccc4ccccc34)c3ccccc23)c1. The molecular weight excluding hydrogens is 446 g/mol. The number of pyridine rings is 1. The minimum absolute atomic E-state index is 1.17. The Hall–Kier alpha value is -4.75. The van der Waals surface area contributed by atoms with Gasteiger partial charge in [-0.05, 0) is 84.8 Å². The third-order valence-corrected chi connectivity index (χ3v) is 7.49. The van der Waals surface area contributed by atoms with Crippen LogP contribution in [0, 0.1) is 6.92 Å². The largest absolute Gasteiger partial charge is 0.264 e. The highest BCUT2D eigenvalue weighted by molar-refractivity contribution is 6.23. The van der Waals surface area contributed by atoms with E-state index in [2.05, 4.69) is 133 Å². The van der Waals surface area contributed by atoms with Crippen LogP contribution in [0.2, 0.25) is 0 Å². The predicted molar refractivity (Wildman–Crippen MR) is 158 cm³/mol. The van der Waals surface area contributed by atoms with E-state index in [4.69, 9.17) is 0 Å². The maximum atomic E-state index is 4.39. The molecule has 0 amide bonds. The zero-order valence-electron chi connectivity index (χ0n) is 20.6. The van der Waals surface area contributed by atoms with Crippen molar-refractivity contribution in [3.8, 4) is 33.4 Å². The summed E-state index contributed by atoms with van der Waals surface area (Å²) in [5.41, 5.74) is 8.66. The first-order valence-electron chi connectivity index (χ1n) is 12.7. The van der Waals surface area contributed by atoms with Gasteiger partial charge in [-0.3, -0.25) is 4.98 Å². The standard InChI is InChI=1S/C36H25N/c1-24-20-21-37-23-34(24)26-12-8-13-27(22-26)35-30-15-4-6-17-32(30)36(33-18-7-5-16-31(33)35)29-19-9-11-25-10-2-3-14-28(25)29/h2-23H,1H3. The van der Waals surface area contributed by atoms with Crippen LogP contribution < -0.4 is 0 Å². The van der Waals surface area contributed by atoms with Crippen molar-refractivity contribution in [1.82, 2.24) is 4.98 Å². The maximum Gasteiger partial charge on any atom is 0.0349 e. The second kappa shape index (κ2) is 8.72. The van der Waals surface area contributed by atoms with Crippen LogP contribution in [0.5, 0.6) is 0 Å². The molecule has 0 saturated carbocycles. The highest BCUT2D eigenvalue weighted by atomic mass is 14.6. The molecule has 0 aliphatic heterocycles. The molecular formula is C36H25N. The molecule has 0 bridgehead atoms. The molecule has 1 nitrogen and oxygen atoms in total. The van der Waals surface area contributed by atoms with E-state index in [1.807, 2.05) is 12.4 Å². The lowest BCUT2D eigenvalue weighted by molar-refractivity contribution is 1.29. The Labute approximate surface area is 216 Å². The Bertz CT molecular complexity index is 1880. The van der Waals surface area contributed by atoms with Gasteiger partial charge < -0.3 is 0 Å². The van der Waals surface area contributed by atoms with Crippen LogP contribution in [0.25, 0.3) is 65.7 Å². The molecule has 0 N–H and O–H groups in total. The number of aromatic nitrogens is 1. The molecule has 6 aromatic carbocycles. The van der Waals surface area contributed by atoms with Gasteiger partial charge >= 0.3 is 0 Å². The zero-order valence-corrected chi connectivity index (χ0v) is 20.6. The third kappa shape index (κ3) is 3.51. The van der Waals surface area contributed by atoms with Gasteiger partial charge in [-0.2, -0.15) is 0 Å². The maximum absolute atomic E-state index is 4.39. The molecule has 0 saturated heterocycles. The minimum atomic E-state index is 1.17. The molecule has 1 heteroatoms. The second-order valence-corrected chi connectivity index (χ2v) is 9.64. The van der Waals surface area contributed by atoms with Crippen molar-refractivity contribution < 1.29 is 0 Å². The molecule has 0 aliphatic carbocycles. The Morgan fingerprint density at radius 2 is 1.03 bits per heavy atom. The lowest BCUT2D eigenvalue weighted by atomic mass is 9.84. The summed E-state index contributed by atoms with van der Waals surface area (Å²) in [6.07, 6.45) is 3.82. The van der Waals surface area contributed by atoms with Gasteiger partial charge in [0.2, 0.25) is 0 Å². The number of hydrogen-bond donors (Lipinski definition) is 0. The average Bonchev–Trinajstić information content (AvgIpc) is 2.96. The van der Waals surface area contributed by atoms with E-state index >= 15 is 0 Å². The van der Waals surface area contributed by atoms with E-state index in [9.17, 15) is 0 Å². The predicted octanol–water partition coefficient (Wildman–Crippen LogP) is 9.85. The van der Waals surface area contributed by atoms with Crippen LogP contribution in [0.15, 0.2) is 134 Å². The summed E-state index contributed by atoms with van der Waals surface area (Å²) in [6, 6.07) is 44.0. The number of nitrogens with zero attached hydrogens (tertiary/aromatic N) is 1. The molecule has 1 heterocycles. The van der Waals surface area contributed by atoms with Gasteiger partial charge in [0, 0.05) is 18.0 Å². The topological polar surface area (TPSA) is 12.9 Å². The Morgan fingerprint density at radius 1 is 0.459 bits per heavy atom. The summed E-state index contributed by atoms with van der Waals surface area (Å²) >= 11 is 0. The van der Waals surface area contributed by atoms with Crippen LogP contribution in [-0.2, 0) is 0 Å². The molecule has 0 fully saturated rings. The molecule has 0 spiro atoms. The lowest BCUT2D eigenvalue weighted by Gasteiger charge is -2.19. The zero-order chi connectivity index (χ0) is 24.8. The van der Waals surface area contributed by atoms with Gasteiger partial charge in [-0.15, -0.1) is 0 Å². The fourth-order valence-electron chi connectivity index (χ4n) is 5.78. The summed E-state index contributed by atoms with van der Waals surface area (Å²) in [4.78, 5) is 4.39. The normalized spacial score (nSPS) is 11.4. The average molecular weight is 472 g/mol. The van der Waals surface area contributed by atoms with E-state index in [-0.39, 0.29) is 0 Å². The first-order valence-corrected chi connectivity index (χ1v) is 12.7. The Balaban J connectivity index is 1.59. The summed E-state index contributed by atoms with van der Waals surface area (Å²) < 4.78 is 0. The van der Waals surface area contributed by atoms with Crippen molar-refractivity contribution in [3.63, 3.8) is 0 Å². The van der Waals surface area contributed by atoms with Crippen molar-refractivity contribution in [3.05, 3.63) is 139 Å². The quantitative estimate of drug-likeness (QED) is 0.234. The molecule has 1 aromatic heterocycles. The minimum Gasteiger partial charge on any atom is -0.264 e. The summed E-state index contributed by atoms with van der Waals surface area (Å²) in [7, 11) is 0. The number of rotatable bonds is 3. The van der Waals surface area contributed by atoms with E-state index in [0.29, 0.717) is 0 Å². The smallest absolute Gasteiger partial charge is 0.0349 e. The molecule has 174 valence electrons. The molecule has 7 aromatic rings. The fraction of sp³-hybridized carbons (Fsp3) is 0.0278. The van der Waals surface area contributed by atoms with Gasteiger partial charge in [0.05, 0.1) is 0 Å². The monoisotopic (exact) mass is 471 g/mol. The number of hydrogen-bond acceptors (Lipinski definition) is 1. The van der Waals surface area contributed by atoms with E-state index < -0.39 is 0 Å². The Kier molecular flexibility index (Phi) is 5.08. The van der Waals surface area contributed by atoms with Gasteiger partial charge in [-0.25, -0.2) is 0 Å². The lowest BCUT2D eigenvalue weighted by Crippen LogP contribution is -1.92. The van der Waals surface area contributed by atoms with Gasteiger partial charge in [-0.1, -0.05) is 109 Å². The van der Waals surface area contributed by atoms with Crippen LogP contribution in [0.3, 0.4) is 0 Å². The van der Waals surface area contributed by atoms with Crippen molar-refractivity contribution in [2.75, 3.05) is 0 Å². The van der Waals surface area contributed by atoms with E-state index in [0.717, 1.165) is 0 Å². The molecule has 37 heavy (non-hydrogen) atoms. The summed E-state index contributed by atoms with van der Waals surface area (Å²) in [5, 5.41) is 7.62. The molecule has 7 rings (SSSR count). The summed E-state index contributed by atoms with van der Waals surface area (Å²) in [6.45, 7) is 2.15. The van der Waals surface area contributed by atoms with Crippen LogP contribution in [0.1, 0.15) is 5.56 Å². The Morgan fingerprint density at radius 3 is 1.73 bits per heavy atom.